The average Bonchev–Trinajstić information content (AvgIpc) is 2.47. The third-order valence-corrected chi connectivity index (χ3v) is 1.72. The quantitative estimate of drug-likeness (QED) is 0.613. The van der Waals surface area contributed by atoms with Crippen molar-refractivity contribution in [3.63, 3.8) is 0 Å². The maximum absolute atomic E-state index is 5.07. The molecule has 12 heavy (non-hydrogen) atoms. The molecule has 0 bridgehead atoms. The largest absolute Gasteiger partial charge is 0.384 e. The minimum absolute atomic E-state index is 1.17. The molecule has 0 saturated carbocycles. The van der Waals surface area contributed by atoms with Crippen LogP contribution in [0.1, 0.15) is 0 Å². The van der Waals surface area contributed by atoms with Crippen LogP contribution in [0.4, 0.5) is 0 Å². The van der Waals surface area contributed by atoms with Crippen molar-refractivity contribution in [1.82, 2.24) is 4.73 Å². The highest BCUT2D eigenvalue weighted by Crippen LogP contribution is 2.13. The summed E-state index contributed by atoms with van der Waals surface area (Å²) in [5, 5.41) is 2.33. The van der Waals surface area contributed by atoms with Gasteiger partial charge in [-0.05, 0) is 0 Å². The van der Waals surface area contributed by atoms with Crippen LogP contribution in [0.25, 0.3) is 10.8 Å². The van der Waals surface area contributed by atoms with E-state index in [2.05, 4.69) is 6.58 Å². The minimum Gasteiger partial charge on any atom is -0.384 e. The van der Waals surface area contributed by atoms with Gasteiger partial charge in [0.2, 0.25) is 0 Å². The predicted octanol–water partition coefficient (Wildman–Crippen LogP) is 2.21. The molecule has 1 aromatic carbocycles. The first kappa shape index (κ1) is 6.98. The van der Waals surface area contributed by atoms with E-state index in [0.717, 1.165) is 0 Å². The summed E-state index contributed by atoms with van der Waals surface area (Å²) in [7, 11) is 0. The topological polar surface area (TPSA) is 14.2 Å². The highest BCUT2D eigenvalue weighted by atomic mass is 16.6. The number of rotatable bonds is 2. The van der Waals surface area contributed by atoms with E-state index in [0.29, 0.717) is 0 Å². The third-order valence-electron chi connectivity index (χ3n) is 1.72. The van der Waals surface area contributed by atoms with E-state index in [-0.39, 0.29) is 0 Å². The summed E-state index contributed by atoms with van der Waals surface area (Å²) in [4.78, 5) is 5.07. The molecule has 0 aliphatic rings. The van der Waals surface area contributed by atoms with Gasteiger partial charge in [-0.2, -0.15) is 4.73 Å². The molecular formula is C10H9NO. The van der Waals surface area contributed by atoms with Crippen molar-refractivity contribution in [2.24, 2.45) is 0 Å². The molecule has 0 spiro atoms. The van der Waals surface area contributed by atoms with Crippen LogP contribution >= 0.6 is 0 Å². The third kappa shape index (κ3) is 1.07. The Morgan fingerprint density at radius 3 is 2.25 bits per heavy atom. The zero-order chi connectivity index (χ0) is 8.39. The summed E-state index contributed by atoms with van der Waals surface area (Å²) in [5.41, 5.74) is 0. The van der Waals surface area contributed by atoms with Crippen LogP contribution in [0.2, 0.25) is 0 Å². The first-order valence-corrected chi connectivity index (χ1v) is 3.75. The number of aromatic nitrogens is 1. The molecule has 0 aliphatic heterocycles. The van der Waals surface area contributed by atoms with Gasteiger partial charge in [0.1, 0.15) is 6.26 Å². The number of fused-ring (bicyclic) bond motifs is 1. The summed E-state index contributed by atoms with van der Waals surface area (Å²) < 4.78 is 1.64. The lowest BCUT2D eigenvalue weighted by atomic mass is 10.2. The van der Waals surface area contributed by atoms with Crippen LogP contribution in [-0.4, -0.2) is 4.73 Å². The van der Waals surface area contributed by atoms with E-state index in [1.165, 1.54) is 17.0 Å². The second-order valence-electron chi connectivity index (χ2n) is 2.52. The molecule has 0 N–H and O–H groups in total. The van der Waals surface area contributed by atoms with E-state index >= 15 is 0 Å². The fourth-order valence-corrected chi connectivity index (χ4v) is 1.20. The predicted molar refractivity (Wildman–Crippen MR) is 48.7 cm³/mol. The number of benzene rings is 1. The highest BCUT2D eigenvalue weighted by molar-refractivity contribution is 5.81. The molecule has 0 saturated heterocycles. The minimum atomic E-state index is 1.17. The monoisotopic (exact) mass is 159 g/mol. The van der Waals surface area contributed by atoms with Gasteiger partial charge in [0.05, 0.1) is 12.4 Å². The molecular weight excluding hydrogens is 150 g/mol. The van der Waals surface area contributed by atoms with Gasteiger partial charge in [-0.15, -0.1) is 0 Å². The molecule has 0 unspecified atom stereocenters. The Morgan fingerprint density at radius 2 is 1.75 bits per heavy atom. The lowest BCUT2D eigenvalue weighted by molar-refractivity contribution is 0.216. The van der Waals surface area contributed by atoms with Gasteiger partial charge in [0, 0.05) is 10.8 Å². The van der Waals surface area contributed by atoms with Gasteiger partial charge in [0.15, 0.2) is 0 Å². The highest BCUT2D eigenvalue weighted by Gasteiger charge is 1.95. The number of hydrogen-bond acceptors (Lipinski definition) is 1. The smallest absolute Gasteiger partial charge is 0.112 e. The van der Waals surface area contributed by atoms with Gasteiger partial charge in [0.25, 0.3) is 0 Å². The maximum atomic E-state index is 5.07. The molecule has 0 amide bonds. The van der Waals surface area contributed by atoms with Crippen molar-refractivity contribution in [3.8, 4) is 0 Å². The second-order valence-corrected chi connectivity index (χ2v) is 2.52. The lowest BCUT2D eigenvalue weighted by Gasteiger charge is -1.95. The molecule has 60 valence electrons. The maximum Gasteiger partial charge on any atom is 0.112 e. The van der Waals surface area contributed by atoms with E-state index in [4.69, 9.17) is 4.84 Å². The molecule has 2 rings (SSSR count). The Hall–Kier alpha value is -1.70. The van der Waals surface area contributed by atoms with Gasteiger partial charge >= 0.3 is 0 Å². The van der Waals surface area contributed by atoms with E-state index in [1.54, 1.807) is 4.73 Å². The molecule has 0 aliphatic carbocycles. The lowest BCUT2D eigenvalue weighted by Crippen LogP contribution is -1.98. The van der Waals surface area contributed by atoms with Crippen LogP contribution in [0.3, 0.4) is 0 Å². The van der Waals surface area contributed by atoms with Crippen LogP contribution in [0.15, 0.2) is 49.5 Å². The van der Waals surface area contributed by atoms with Crippen LogP contribution in [0.5, 0.6) is 0 Å². The Kier molecular flexibility index (Phi) is 1.59. The van der Waals surface area contributed by atoms with Crippen LogP contribution in [0, 0.1) is 0 Å². The summed E-state index contributed by atoms with van der Waals surface area (Å²) in [6.45, 7) is 3.48. The van der Waals surface area contributed by atoms with E-state index in [1.807, 2.05) is 36.7 Å². The van der Waals surface area contributed by atoms with E-state index < -0.39 is 0 Å². The Bertz CT molecular complexity index is 370. The van der Waals surface area contributed by atoms with Gasteiger partial charge < -0.3 is 4.84 Å². The van der Waals surface area contributed by atoms with Crippen molar-refractivity contribution in [1.29, 1.82) is 0 Å². The summed E-state index contributed by atoms with van der Waals surface area (Å²) in [6, 6.07) is 8.08. The summed E-state index contributed by atoms with van der Waals surface area (Å²) >= 11 is 0. The van der Waals surface area contributed by atoms with Gasteiger partial charge in [-0.3, -0.25) is 0 Å². The van der Waals surface area contributed by atoms with Crippen LogP contribution < -0.4 is 4.84 Å². The summed E-state index contributed by atoms with van der Waals surface area (Å²) in [6.07, 6.45) is 5.23. The molecule has 0 radical (unpaired) electrons. The Labute approximate surface area is 70.6 Å². The van der Waals surface area contributed by atoms with Gasteiger partial charge in [-0.1, -0.05) is 30.8 Å². The zero-order valence-corrected chi connectivity index (χ0v) is 6.60. The fraction of sp³-hybridized carbons (Fsp3) is 0. The Balaban J connectivity index is 2.54. The molecule has 1 heterocycles. The second kappa shape index (κ2) is 2.74. The standard InChI is InChI=1S/C10H9NO/c1-2-12-11-7-9-5-3-4-6-10(9)8-11/h2-8H,1H2. The number of nitrogens with zero attached hydrogens (tertiary/aromatic N) is 1. The Morgan fingerprint density at radius 1 is 1.17 bits per heavy atom. The first-order valence-electron chi connectivity index (χ1n) is 3.75. The van der Waals surface area contributed by atoms with Crippen molar-refractivity contribution in [2.75, 3.05) is 0 Å². The normalized spacial score (nSPS) is 10.0. The first-order chi connectivity index (χ1) is 5.90. The zero-order valence-electron chi connectivity index (χ0n) is 6.60. The molecule has 2 nitrogen and oxygen atoms in total. The van der Waals surface area contributed by atoms with Crippen molar-refractivity contribution in [3.05, 3.63) is 49.5 Å². The average molecular weight is 159 g/mol. The molecule has 2 aromatic rings. The van der Waals surface area contributed by atoms with Crippen molar-refractivity contribution >= 4 is 10.8 Å². The van der Waals surface area contributed by atoms with Crippen molar-refractivity contribution in [2.45, 2.75) is 0 Å². The SMILES string of the molecule is C=COn1cc2ccccc2c1. The molecule has 0 atom stereocenters. The molecule has 0 fully saturated rings. The van der Waals surface area contributed by atoms with Crippen LogP contribution in [-0.2, 0) is 0 Å². The fourth-order valence-electron chi connectivity index (χ4n) is 1.20. The van der Waals surface area contributed by atoms with Gasteiger partial charge in [-0.25, -0.2) is 0 Å². The summed E-state index contributed by atoms with van der Waals surface area (Å²) in [5.74, 6) is 0. The van der Waals surface area contributed by atoms with E-state index in [9.17, 15) is 0 Å². The molecule has 2 heteroatoms. The number of hydrogen-bond donors (Lipinski definition) is 0. The van der Waals surface area contributed by atoms with Crippen molar-refractivity contribution < 1.29 is 4.84 Å². The molecule has 1 aromatic heterocycles.